The molecule has 0 unspecified atom stereocenters. The number of carbonyl (C=O) groups is 1. The van der Waals surface area contributed by atoms with E-state index in [1.807, 2.05) is 19.9 Å². The van der Waals surface area contributed by atoms with Crippen LogP contribution in [0.25, 0.3) is 0 Å². The van der Waals surface area contributed by atoms with E-state index in [-0.39, 0.29) is 12.2 Å². The van der Waals surface area contributed by atoms with Crippen LogP contribution in [0.15, 0.2) is 12.2 Å². The van der Waals surface area contributed by atoms with Crippen molar-refractivity contribution in [1.82, 2.24) is 0 Å². The zero-order valence-corrected chi connectivity index (χ0v) is 16.8. The Balaban J connectivity index is 1.99. The fraction of sp³-hybridized carbons (Fsp3) is 0.864. The Morgan fingerprint density at radius 3 is 1.84 bits per heavy atom. The molecule has 2 atom stereocenters. The first-order chi connectivity index (χ1) is 12.1. The summed E-state index contributed by atoms with van der Waals surface area (Å²) in [5.74, 6) is -0.542. The summed E-state index contributed by atoms with van der Waals surface area (Å²) in [6.45, 7) is 6.16. The Labute approximate surface area is 155 Å². The van der Waals surface area contributed by atoms with Crippen LogP contribution in [0, 0.1) is 0 Å². The van der Waals surface area contributed by atoms with Gasteiger partial charge in [0.1, 0.15) is 12.4 Å². The van der Waals surface area contributed by atoms with Gasteiger partial charge in [-0.25, -0.2) is 0 Å². The molecule has 1 fully saturated rings. The summed E-state index contributed by atoms with van der Waals surface area (Å²) < 4.78 is 11.8. The molecule has 0 aromatic carbocycles. The van der Waals surface area contributed by atoms with E-state index in [1.165, 1.54) is 83.1 Å². The molecule has 1 saturated heterocycles. The molecular weight excluding hydrogens is 312 g/mol. The van der Waals surface area contributed by atoms with Crippen LogP contribution in [0.2, 0.25) is 0 Å². The Bertz CT molecular complexity index is 362. The van der Waals surface area contributed by atoms with Crippen molar-refractivity contribution < 1.29 is 14.3 Å². The number of aldehydes is 1. The van der Waals surface area contributed by atoms with E-state index in [1.54, 1.807) is 0 Å². The molecular formula is C22H40O3. The molecule has 0 radical (unpaired) electrons. The second-order valence-electron chi connectivity index (χ2n) is 7.84. The largest absolute Gasteiger partial charge is 0.344 e. The van der Waals surface area contributed by atoms with Crippen molar-refractivity contribution in [2.24, 2.45) is 0 Å². The highest BCUT2D eigenvalue weighted by Crippen LogP contribution is 2.31. The first kappa shape index (κ1) is 22.4. The summed E-state index contributed by atoms with van der Waals surface area (Å²) in [5.41, 5.74) is 0. The second-order valence-corrected chi connectivity index (χ2v) is 7.84. The molecule has 1 rings (SSSR count). The molecule has 0 saturated carbocycles. The minimum atomic E-state index is -0.542. The molecule has 1 aliphatic rings. The highest BCUT2D eigenvalue weighted by Gasteiger charge is 2.39. The van der Waals surface area contributed by atoms with Crippen LogP contribution in [0.5, 0.6) is 0 Å². The van der Waals surface area contributed by atoms with Crippen LogP contribution >= 0.6 is 0 Å². The Hall–Kier alpha value is -0.670. The third-order valence-electron chi connectivity index (χ3n) is 4.94. The lowest BCUT2D eigenvalue weighted by Crippen LogP contribution is -2.21. The predicted octanol–water partition coefficient (Wildman–Crippen LogP) is 6.35. The van der Waals surface area contributed by atoms with Gasteiger partial charge in [0, 0.05) is 0 Å². The molecule has 25 heavy (non-hydrogen) atoms. The van der Waals surface area contributed by atoms with Crippen LogP contribution in [0.4, 0.5) is 0 Å². The Morgan fingerprint density at radius 1 is 0.800 bits per heavy atom. The van der Waals surface area contributed by atoms with Gasteiger partial charge in [0.15, 0.2) is 5.79 Å². The molecule has 3 heteroatoms. The highest BCUT2D eigenvalue weighted by molar-refractivity contribution is 5.64. The number of rotatable bonds is 15. The Kier molecular flexibility index (Phi) is 12.1. The molecule has 1 aliphatic heterocycles. The van der Waals surface area contributed by atoms with Gasteiger partial charge >= 0.3 is 0 Å². The molecule has 0 aliphatic carbocycles. The minimum Gasteiger partial charge on any atom is -0.344 e. The third-order valence-corrected chi connectivity index (χ3v) is 4.94. The summed E-state index contributed by atoms with van der Waals surface area (Å²) >= 11 is 0. The number of unbranched alkanes of at least 4 members (excludes halogenated alkanes) is 11. The number of hydrogen-bond acceptors (Lipinski definition) is 3. The molecule has 0 spiro atoms. The van der Waals surface area contributed by atoms with Gasteiger partial charge in [0.2, 0.25) is 0 Å². The van der Waals surface area contributed by atoms with Crippen LogP contribution in [-0.2, 0) is 14.3 Å². The summed E-state index contributed by atoms with van der Waals surface area (Å²) in [7, 11) is 0. The lowest BCUT2D eigenvalue weighted by molar-refractivity contribution is -0.143. The van der Waals surface area contributed by atoms with Gasteiger partial charge in [-0.1, -0.05) is 84.0 Å². The molecule has 1 heterocycles. The van der Waals surface area contributed by atoms with Crippen molar-refractivity contribution in [3.05, 3.63) is 12.2 Å². The maximum atomic E-state index is 10.5. The van der Waals surface area contributed by atoms with Crippen molar-refractivity contribution in [2.45, 2.75) is 122 Å². The van der Waals surface area contributed by atoms with Gasteiger partial charge in [-0.2, -0.15) is 0 Å². The zero-order valence-electron chi connectivity index (χ0n) is 16.8. The van der Waals surface area contributed by atoms with Crippen molar-refractivity contribution in [3.63, 3.8) is 0 Å². The van der Waals surface area contributed by atoms with Crippen molar-refractivity contribution >= 4 is 6.29 Å². The zero-order chi connectivity index (χ0) is 18.4. The van der Waals surface area contributed by atoms with Crippen molar-refractivity contribution in [1.29, 1.82) is 0 Å². The third kappa shape index (κ3) is 10.8. The minimum absolute atomic E-state index is 0.0781. The summed E-state index contributed by atoms with van der Waals surface area (Å²) in [5, 5.41) is 0. The van der Waals surface area contributed by atoms with Gasteiger partial charge in [-0.3, -0.25) is 4.79 Å². The fourth-order valence-electron chi connectivity index (χ4n) is 3.59. The molecule has 0 aromatic rings. The SMILES string of the molecule is CCCCCCCCCCCCCC[C@@H]1OC(C)(C)O[C@H]1/C=C/C=O. The number of carbonyl (C=O) groups excluding carboxylic acids is 1. The fourth-order valence-corrected chi connectivity index (χ4v) is 3.59. The summed E-state index contributed by atoms with van der Waals surface area (Å²) in [4.78, 5) is 10.5. The van der Waals surface area contributed by atoms with Crippen LogP contribution in [0.3, 0.4) is 0 Å². The average Bonchev–Trinajstić information content (AvgIpc) is 2.87. The quantitative estimate of drug-likeness (QED) is 0.196. The normalized spacial score (nSPS) is 22.7. The standard InChI is InChI=1S/C22H40O3/c1-4-5-6-7-8-9-10-11-12-13-14-15-17-20-21(18-16-19-23)25-22(2,3)24-20/h16,18-21H,4-15,17H2,1-3H3/b18-16+/t20-,21-/m0/s1. The first-order valence-corrected chi connectivity index (χ1v) is 10.6. The van der Waals surface area contributed by atoms with E-state index in [0.29, 0.717) is 0 Å². The molecule has 146 valence electrons. The van der Waals surface area contributed by atoms with E-state index in [9.17, 15) is 4.79 Å². The summed E-state index contributed by atoms with van der Waals surface area (Å²) in [6, 6.07) is 0. The van der Waals surface area contributed by atoms with Gasteiger partial charge in [-0.05, 0) is 32.4 Å². The predicted molar refractivity (Wildman–Crippen MR) is 105 cm³/mol. The maximum Gasteiger partial charge on any atom is 0.164 e. The molecule has 0 bridgehead atoms. The van der Waals surface area contributed by atoms with Gasteiger partial charge < -0.3 is 9.47 Å². The monoisotopic (exact) mass is 352 g/mol. The summed E-state index contributed by atoms with van der Waals surface area (Å²) in [6.07, 6.45) is 21.5. The van der Waals surface area contributed by atoms with Gasteiger partial charge in [0.05, 0.1) is 6.10 Å². The smallest absolute Gasteiger partial charge is 0.164 e. The van der Waals surface area contributed by atoms with Crippen molar-refractivity contribution in [3.8, 4) is 0 Å². The lowest BCUT2D eigenvalue weighted by atomic mass is 10.0. The van der Waals surface area contributed by atoms with Crippen LogP contribution in [-0.4, -0.2) is 24.3 Å². The van der Waals surface area contributed by atoms with E-state index < -0.39 is 5.79 Å². The average molecular weight is 353 g/mol. The number of hydrogen-bond donors (Lipinski definition) is 0. The maximum absolute atomic E-state index is 10.5. The van der Waals surface area contributed by atoms with E-state index in [4.69, 9.17) is 9.47 Å². The highest BCUT2D eigenvalue weighted by atomic mass is 16.7. The van der Waals surface area contributed by atoms with E-state index in [2.05, 4.69) is 6.92 Å². The van der Waals surface area contributed by atoms with E-state index in [0.717, 1.165) is 12.7 Å². The number of allylic oxidation sites excluding steroid dienone is 1. The van der Waals surface area contributed by atoms with Gasteiger partial charge in [0.25, 0.3) is 0 Å². The van der Waals surface area contributed by atoms with Crippen molar-refractivity contribution in [2.75, 3.05) is 0 Å². The van der Waals surface area contributed by atoms with Gasteiger partial charge in [-0.15, -0.1) is 0 Å². The number of ether oxygens (including phenoxy) is 2. The lowest BCUT2D eigenvalue weighted by Gasteiger charge is -2.16. The van der Waals surface area contributed by atoms with E-state index >= 15 is 0 Å². The van der Waals surface area contributed by atoms with Crippen LogP contribution in [0.1, 0.15) is 104 Å². The van der Waals surface area contributed by atoms with Crippen LogP contribution < -0.4 is 0 Å². The Morgan fingerprint density at radius 2 is 1.32 bits per heavy atom. The second kappa shape index (κ2) is 13.5. The molecule has 0 N–H and O–H groups in total. The first-order valence-electron chi connectivity index (χ1n) is 10.6. The molecule has 0 aromatic heterocycles. The topological polar surface area (TPSA) is 35.5 Å². The molecule has 3 nitrogen and oxygen atoms in total. The molecule has 0 amide bonds.